The minimum Gasteiger partial charge on any atom is -0.319 e. The van der Waals surface area contributed by atoms with Gasteiger partial charge >= 0.3 is 0 Å². The van der Waals surface area contributed by atoms with E-state index in [1.54, 1.807) is 0 Å². The average molecular weight is 302 g/mol. The molecule has 0 amide bonds. The summed E-state index contributed by atoms with van der Waals surface area (Å²) in [6.45, 7) is 0.828. The molecule has 0 aromatic heterocycles. The van der Waals surface area contributed by atoms with E-state index in [1.165, 1.54) is 0 Å². The molecule has 2 rings (SSSR count). The normalized spacial score (nSPS) is 21.2. The smallest absolute Gasteiger partial charge is 0.150 e. The van der Waals surface area contributed by atoms with E-state index >= 15 is 0 Å². The molecule has 1 saturated heterocycles. The fraction of sp³-hybridized carbons (Fsp3) is 0.571. The van der Waals surface area contributed by atoms with Gasteiger partial charge in [0.15, 0.2) is 0 Å². The fourth-order valence-electron chi connectivity index (χ4n) is 2.84. The van der Waals surface area contributed by atoms with Crippen LogP contribution in [-0.2, 0) is 9.84 Å². The van der Waals surface area contributed by atoms with Crippen molar-refractivity contribution in [3.8, 4) is 0 Å². The molecular formula is C14H20ClNO2S. The van der Waals surface area contributed by atoms with Gasteiger partial charge in [-0.2, -0.15) is 0 Å². The number of hydrogen-bond donors (Lipinski definition) is 1. The molecule has 1 aromatic rings. The molecule has 19 heavy (non-hydrogen) atoms. The van der Waals surface area contributed by atoms with Crippen LogP contribution in [0.2, 0.25) is 5.02 Å². The Morgan fingerprint density at radius 2 is 1.95 bits per heavy atom. The highest BCUT2D eigenvalue weighted by molar-refractivity contribution is 7.91. The SMILES string of the molecule is CNCC(c1ccccc1Cl)C1CCS(=O)(=O)CC1. The number of benzene rings is 1. The summed E-state index contributed by atoms with van der Waals surface area (Å²) < 4.78 is 23.1. The van der Waals surface area contributed by atoms with E-state index in [2.05, 4.69) is 5.32 Å². The van der Waals surface area contributed by atoms with Gasteiger partial charge in [0, 0.05) is 17.5 Å². The Morgan fingerprint density at radius 3 is 2.53 bits per heavy atom. The Morgan fingerprint density at radius 1 is 1.32 bits per heavy atom. The van der Waals surface area contributed by atoms with Gasteiger partial charge in [0.25, 0.3) is 0 Å². The number of rotatable bonds is 4. The summed E-state index contributed by atoms with van der Waals surface area (Å²) in [6, 6.07) is 7.86. The second-order valence-corrected chi connectivity index (χ2v) is 7.89. The molecule has 1 aliphatic heterocycles. The second kappa shape index (κ2) is 6.25. The van der Waals surface area contributed by atoms with Crippen molar-refractivity contribution >= 4 is 21.4 Å². The predicted molar refractivity (Wildman–Crippen MR) is 79.5 cm³/mol. The van der Waals surface area contributed by atoms with E-state index in [0.717, 1.165) is 30.0 Å². The van der Waals surface area contributed by atoms with Crippen LogP contribution in [0.5, 0.6) is 0 Å². The van der Waals surface area contributed by atoms with Crippen LogP contribution in [0, 0.1) is 5.92 Å². The third kappa shape index (κ3) is 3.71. The van der Waals surface area contributed by atoms with Crippen LogP contribution in [0.4, 0.5) is 0 Å². The summed E-state index contributed by atoms with van der Waals surface area (Å²) in [5.74, 6) is 1.29. The van der Waals surface area contributed by atoms with Crippen molar-refractivity contribution in [2.75, 3.05) is 25.1 Å². The number of halogens is 1. The van der Waals surface area contributed by atoms with E-state index < -0.39 is 9.84 Å². The monoisotopic (exact) mass is 301 g/mol. The van der Waals surface area contributed by atoms with Gasteiger partial charge in [-0.05, 0) is 37.4 Å². The number of nitrogens with one attached hydrogen (secondary N) is 1. The zero-order chi connectivity index (χ0) is 13.9. The highest BCUT2D eigenvalue weighted by Crippen LogP contribution is 2.36. The van der Waals surface area contributed by atoms with Crippen LogP contribution >= 0.6 is 11.6 Å². The molecule has 1 aromatic carbocycles. The minimum absolute atomic E-state index is 0.286. The Kier molecular flexibility index (Phi) is 4.87. The fourth-order valence-corrected chi connectivity index (χ4v) is 4.64. The Hall–Kier alpha value is -0.580. The van der Waals surface area contributed by atoms with Crippen molar-refractivity contribution in [2.45, 2.75) is 18.8 Å². The third-order valence-electron chi connectivity index (χ3n) is 3.90. The number of sulfone groups is 1. The molecule has 0 spiro atoms. The zero-order valence-electron chi connectivity index (χ0n) is 11.1. The summed E-state index contributed by atoms with van der Waals surface area (Å²) >= 11 is 6.28. The molecule has 5 heteroatoms. The lowest BCUT2D eigenvalue weighted by Gasteiger charge is -2.31. The summed E-state index contributed by atoms with van der Waals surface area (Å²) in [7, 11) is -0.890. The van der Waals surface area contributed by atoms with Gasteiger partial charge in [-0.25, -0.2) is 8.42 Å². The first kappa shape index (κ1) is 14.8. The number of likely N-dealkylation sites (N-methyl/N-ethyl adjacent to an activating group) is 1. The standard InChI is InChI=1S/C14H20ClNO2S/c1-16-10-13(12-4-2-3-5-14(12)15)11-6-8-19(17,18)9-7-11/h2-5,11,13,16H,6-10H2,1H3. The predicted octanol–water partition coefficient (Wildman–Crippen LogP) is 2.47. The summed E-state index contributed by atoms with van der Waals surface area (Å²) in [4.78, 5) is 0. The van der Waals surface area contributed by atoms with Crippen molar-refractivity contribution < 1.29 is 8.42 Å². The maximum Gasteiger partial charge on any atom is 0.150 e. The Bertz CT molecular complexity index is 516. The van der Waals surface area contributed by atoms with Crippen molar-refractivity contribution in [2.24, 2.45) is 5.92 Å². The minimum atomic E-state index is -2.81. The first-order chi connectivity index (χ1) is 9.03. The van der Waals surface area contributed by atoms with Crippen LogP contribution in [0.25, 0.3) is 0 Å². The first-order valence-corrected chi connectivity index (χ1v) is 8.83. The van der Waals surface area contributed by atoms with E-state index in [1.807, 2.05) is 31.3 Å². The van der Waals surface area contributed by atoms with Crippen LogP contribution in [-0.4, -0.2) is 33.5 Å². The third-order valence-corrected chi connectivity index (χ3v) is 5.96. The van der Waals surface area contributed by atoms with Gasteiger partial charge in [0.05, 0.1) is 11.5 Å². The molecule has 0 saturated carbocycles. The Balaban J connectivity index is 2.19. The number of hydrogen-bond acceptors (Lipinski definition) is 3. The van der Waals surface area contributed by atoms with Gasteiger partial charge < -0.3 is 5.32 Å². The van der Waals surface area contributed by atoms with E-state index in [9.17, 15) is 8.42 Å². The molecule has 3 nitrogen and oxygen atoms in total. The summed E-state index contributed by atoms with van der Waals surface area (Å²) in [5.41, 5.74) is 1.13. The van der Waals surface area contributed by atoms with Gasteiger partial charge in [0.2, 0.25) is 0 Å². The van der Waals surface area contributed by atoms with E-state index in [-0.39, 0.29) is 5.92 Å². The first-order valence-electron chi connectivity index (χ1n) is 6.63. The molecule has 1 aliphatic rings. The molecule has 1 unspecified atom stereocenters. The average Bonchev–Trinajstić information content (AvgIpc) is 2.38. The second-order valence-electron chi connectivity index (χ2n) is 5.17. The summed E-state index contributed by atoms with van der Waals surface area (Å²) in [5, 5.41) is 3.98. The lowest BCUT2D eigenvalue weighted by molar-refractivity contribution is 0.376. The zero-order valence-corrected chi connectivity index (χ0v) is 12.7. The molecule has 0 radical (unpaired) electrons. The van der Waals surface area contributed by atoms with Crippen LogP contribution in [0.1, 0.15) is 24.3 Å². The lowest BCUT2D eigenvalue weighted by Crippen LogP contribution is -2.31. The molecule has 1 N–H and O–H groups in total. The van der Waals surface area contributed by atoms with Crippen molar-refractivity contribution in [1.29, 1.82) is 0 Å². The van der Waals surface area contributed by atoms with Crippen molar-refractivity contribution in [3.05, 3.63) is 34.9 Å². The molecule has 1 heterocycles. The molecule has 1 atom stereocenters. The van der Waals surface area contributed by atoms with Gasteiger partial charge in [-0.1, -0.05) is 29.8 Å². The molecule has 106 valence electrons. The van der Waals surface area contributed by atoms with E-state index in [4.69, 9.17) is 11.6 Å². The van der Waals surface area contributed by atoms with Crippen LogP contribution in [0.3, 0.4) is 0 Å². The molecule has 0 bridgehead atoms. The highest BCUT2D eigenvalue weighted by Gasteiger charge is 2.30. The lowest BCUT2D eigenvalue weighted by atomic mass is 9.82. The quantitative estimate of drug-likeness (QED) is 0.929. The van der Waals surface area contributed by atoms with Gasteiger partial charge in [-0.3, -0.25) is 0 Å². The summed E-state index contributed by atoms with van der Waals surface area (Å²) in [6.07, 6.45) is 1.47. The largest absolute Gasteiger partial charge is 0.319 e. The van der Waals surface area contributed by atoms with Gasteiger partial charge in [-0.15, -0.1) is 0 Å². The molecular weight excluding hydrogens is 282 g/mol. The Labute approximate surface area is 120 Å². The maximum absolute atomic E-state index is 11.5. The van der Waals surface area contributed by atoms with E-state index in [0.29, 0.717) is 17.4 Å². The van der Waals surface area contributed by atoms with Crippen LogP contribution < -0.4 is 5.32 Å². The van der Waals surface area contributed by atoms with Gasteiger partial charge in [0.1, 0.15) is 9.84 Å². The highest BCUT2D eigenvalue weighted by atomic mass is 35.5. The van der Waals surface area contributed by atoms with Crippen molar-refractivity contribution in [1.82, 2.24) is 5.32 Å². The van der Waals surface area contributed by atoms with Crippen molar-refractivity contribution in [3.63, 3.8) is 0 Å². The molecule has 1 fully saturated rings. The maximum atomic E-state index is 11.5. The topological polar surface area (TPSA) is 46.2 Å². The molecule has 0 aliphatic carbocycles. The van der Waals surface area contributed by atoms with Crippen LogP contribution in [0.15, 0.2) is 24.3 Å².